The van der Waals surface area contributed by atoms with Gasteiger partial charge >= 0.3 is 18.0 Å². The number of amides is 1. The highest BCUT2D eigenvalue weighted by Gasteiger charge is 2.74. The number of likely N-dealkylation sites (tertiary alicyclic amines) is 1. The second kappa shape index (κ2) is 10.4. The van der Waals surface area contributed by atoms with Crippen molar-refractivity contribution < 1.29 is 53.4 Å². The molecule has 0 radical (unpaired) electrons. The van der Waals surface area contributed by atoms with Crippen LogP contribution in [-0.2, 0) is 31.5 Å². The number of hydrogen-bond acceptors (Lipinski definition) is 4. The van der Waals surface area contributed by atoms with Crippen molar-refractivity contribution in [3.63, 3.8) is 0 Å². The Kier molecular flexibility index (Phi) is 7.54. The Hall–Kier alpha value is -2.74. The largest absolute Gasteiger partial charge is 0.435 e. The summed E-state index contributed by atoms with van der Waals surface area (Å²) < 4.78 is 138. The van der Waals surface area contributed by atoms with Gasteiger partial charge in [-0.25, -0.2) is 17.2 Å². The first-order valence-corrected chi connectivity index (χ1v) is 17.0. The summed E-state index contributed by atoms with van der Waals surface area (Å²) in [7, 11) is -4.57. The minimum Gasteiger partial charge on any atom is -0.390 e. The van der Waals surface area contributed by atoms with Crippen molar-refractivity contribution in [2.24, 2.45) is 10.8 Å². The smallest absolute Gasteiger partial charge is 0.390 e. The number of carbonyl (C=O) groups is 1. The molecule has 2 bridgehead atoms. The fraction of sp³-hybridized carbons (Fsp3) is 0.606. The van der Waals surface area contributed by atoms with Gasteiger partial charge in [-0.2, -0.15) is 26.3 Å². The molecule has 1 heterocycles. The van der Waals surface area contributed by atoms with Gasteiger partial charge in [-0.1, -0.05) is 18.2 Å². The van der Waals surface area contributed by atoms with Crippen LogP contribution in [0.5, 0.6) is 0 Å². The lowest BCUT2D eigenvalue weighted by molar-refractivity contribution is -0.348. The Labute approximate surface area is 267 Å². The van der Waals surface area contributed by atoms with Crippen molar-refractivity contribution in [2.45, 2.75) is 111 Å². The molecule has 3 saturated carbocycles. The maximum atomic E-state index is 15.1. The molecule has 7 rings (SSSR count). The van der Waals surface area contributed by atoms with Gasteiger partial charge in [0.2, 0.25) is 5.91 Å². The van der Waals surface area contributed by atoms with Gasteiger partial charge in [-0.3, -0.25) is 4.79 Å². The second-order valence-corrected chi connectivity index (χ2v) is 16.5. The predicted octanol–water partition coefficient (Wildman–Crippen LogP) is 7.44. The lowest BCUT2D eigenvalue weighted by Crippen LogP contribution is -2.59. The van der Waals surface area contributed by atoms with Crippen LogP contribution >= 0.6 is 0 Å². The number of fused-ring (bicyclic) bond motifs is 6. The zero-order chi connectivity index (χ0) is 34.6. The molecule has 2 aromatic carbocycles. The number of rotatable bonds is 5. The van der Waals surface area contributed by atoms with E-state index in [4.69, 9.17) is 0 Å². The van der Waals surface area contributed by atoms with Crippen LogP contribution in [0.4, 0.5) is 35.1 Å². The number of carbonyl (C=O) groups excluding carboxylic acids is 1. The number of sulfone groups is 1. The molecule has 1 N–H and O–H groups in total. The van der Waals surface area contributed by atoms with E-state index in [1.54, 1.807) is 13.8 Å². The summed E-state index contributed by atoms with van der Waals surface area (Å²) in [5, 5.41) is 10.9. The molecule has 47 heavy (non-hydrogen) atoms. The first-order chi connectivity index (χ1) is 21.6. The number of aliphatic hydroxyl groups is 1. The summed E-state index contributed by atoms with van der Waals surface area (Å²) >= 11 is 0. The van der Waals surface area contributed by atoms with Gasteiger partial charge in [0.15, 0.2) is 9.84 Å². The minimum absolute atomic E-state index is 0.0539. The first-order valence-electron chi connectivity index (χ1n) is 15.6. The lowest BCUT2D eigenvalue weighted by atomic mass is 9.49. The fourth-order valence-corrected chi connectivity index (χ4v) is 11.4. The van der Waals surface area contributed by atoms with Crippen LogP contribution in [-0.4, -0.2) is 54.9 Å². The van der Waals surface area contributed by atoms with E-state index in [-0.39, 0.29) is 53.2 Å². The van der Waals surface area contributed by atoms with E-state index in [0.717, 1.165) is 30.3 Å². The summed E-state index contributed by atoms with van der Waals surface area (Å²) in [6.07, 6.45) is -10.1. The molecule has 5 nitrogen and oxygen atoms in total. The fourth-order valence-electron chi connectivity index (χ4n) is 9.03. The minimum atomic E-state index is -6.35. The van der Waals surface area contributed by atoms with E-state index in [0.29, 0.717) is 50.7 Å². The molecule has 2 unspecified atom stereocenters. The van der Waals surface area contributed by atoms with Crippen LogP contribution in [0.1, 0.15) is 81.9 Å². The SMILES string of the molecule is CC(C)(O)C12CCC(C(=O)N3CCC4(S(=O)(=O)c5ccc(F)cc5)c5ccc(C(F)(C(F)(F)F)C(F)(F)F)cc5CCC34)(CC1)CC2. The maximum absolute atomic E-state index is 15.1. The Morgan fingerprint density at radius 3 is 1.91 bits per heavy atom. The average Bonchev–Trinajstić information content (AvgIpc) is 3.41. The summed E-state index contributed by atoms with van der Waals surface area (Å²) in [6, 6.07) is 4.44. The Morgan fingerprint density at radius 1 is 0.851 bits per heavy atom. The molecule has 0 aromatic heterocycles. The number of benzene rings is 2. The van der Waals surface area contributed by atoms with Crippen molar-refractivity contribution in [3.05, 3.63) is 65.0 Å². The predicted molar refractivity (Wildman–Crippen MR) is 154 cm³/mol. The van der Waals surface area contributed by atoms with Crippen LogP contribution in [0.2, 0.25) is 0 Å². The van der Waals surface area contributed by atoms with E-state index in [9.17, 15) is 49.1 Å². The molecule has 4 aliphatic carbocycles. The van der Waals surface area contributed by atoms with Gasteiger partial charge in [-0.15, -0.1) is 0 Å². The third kappa shape index (κ3) is 4.62. The third-order valence-electron chi connectivity index (χ3n) is 11.9. The van der Waals surface area contributed by atoms with Crippen molar-refractivity contribution in [2.75, 3.05) is 6.54 Å². The van der Waals surface area contributed by atoms with E-state index < -0.39 is 61.0 Å². The number of aryl methyl sites for hydroxylation is 1. The molecule has 14 heteroatoms. The van der Waals surface area contributed by atoms with Crippen molar-refractivity contribution in [3.8, 4) is 0 Å². The lowest BCUT2D eigenvalue weighted by Gasteiger charge is -2.58. The van der Waals surface area contributed by atoms with E-state index in [2.05, 4.69) is 0 Å². The third-order valence-corrected chi connectivity index (χ3v) is 14.5. The van der Waals surface area contributed by atoms with Crippen molar-refractivity contribution in [1.29, 1.82) is 0 Å². The molecule has 4 fully saturated rings. The Bertz CT molecular complexity index is 1660. The van der Waals surface area contributed by atoms with Crippen LogP contribution in [0.3, 0.4) is 0 Å². The zero-order valence-electron chi connectivity index (χ0n) is 25.7. The molecule has 0 spiro atoms. The van der Waals surface area contributed by atoms with Gasteiger partial charge in [0.1, 0.15) is 10.6 Å². The summed E-state index contributed by atoms with van der Waals surface area (Å²) in [5.41, 5.74) is -9.83. The monoisotopic (exact) mass is 693 g/mol. The normalized spacial score (nSPS) is 29.9. The molecular formula is C33H35F8NO4S. The van der Waals surface area contributed by atoms with Gasteiger partial charge < -0.3 is 10.0 Å². The van der Waals surface area contributed by atoms with Gasteiger partial charge in [0.25, 0.3) is 0 Å². The Balaban J connectivity index is 1.46. The van der Waals surface area contributed by atoms with Crippen LogP contribution < -0.4 is 0 Å². The quantitative estimate of drug-likeness (QED) is 0.261. The second-order valence-electron chi connectivity index (χ2n) is 14.3. The molecule has 1 saturated heterocycles. The number of hydrogen-bond donors (Lipinski definition) is 1. The highest BCUT2D eigenvalue weighted by Crippen LogP contribution is 2.63. The van der Waals surface area contributed by atoms with Gasteiger partial charge in [0, 0.05) is 17.5 Å². The highest BCUT2D eigenvalue weighted by molar-refractivity contribution is 7.92. The first kappa shape index (κ1) is 34.1. The van der Waals surface area contributed by atoms with Gasteiger partial charge in [0.05, 0.1) is 16.5 Å². The number of alkyl halides is 7. The molecule has 2 aromatic rings. The van der Waals surface area contributed by atoms with E-state index >= 15 is 4.39 Å². The summed E-state index contributed by atoms with van der Waals surface area (Å²) in [6.45, 7) is 3.45. The maximum Gasteiger partial charge on any atom is 0.435 e. The van der Waals surface area contributed by atoms with Crippen molar-refractivity contribution in [1.82, 2.24) is 4.90 Å². The van der Waals surface area contributed by atoms with Crippen LogP contribution in [0.15, 0.2) is 47.4 Å². The van der Waals surface area contributed by atoms with E-state index in [1.807, 2.05) is 0 Å². The molecule has 1 aliphatic heterocycles. The van der Waals surface area contributed by atoms with Gasteiger partial charge in [-0.05, 0) is 112 Å². The summed E-state index contributed by atoms with van der Waals surface area (Å²) in [4.78, 5) is 15.7. The molecule has 258 valence electrons. The Morgan fingerprint density at radius 2 is 1.40 bits per heavy atom. The molecule has 1 amide bonds. The highest BCUT2D eigenvalue weighted by atomic mass is 32.2. The number of halogens is 8. The van der Waals surface area contributed by atoms with Crippen molar-refractivity contribution >= 4 is 15.7 Å². The summed E-state index contributed by atoms with van der Waals surface area (Å²) in [5.74, 6) is -0.996. The average molecular weight is 694 g/mol. The molecular weight excluding hydrogens is 658 g/mol. The zero-order valence-corrected chi connectivity index (χ0v) is 26.6. The molecule has 5 aliphatic rings. The number of nitrogens with zero attached hydrogens (tertiary/aromatic N) is 1. The standard InChI is InChI=1S/C33H35F8NO4S/c1-27(2,44)29-14-11-28(12-15-29,13-16-29)26(43)42-18-17-30(47(45,46)23-7-5-22(34)6-8-23)24-9-4-21(19-20(24)3-10-25(30)42)31(35,32(36,37)38)33(39,40)41/h4-9,19,25,44H,3,10-18H2,1-2H3. The van der Waals surface area contributed by atoms with E-state index in [1.165, 1.54) is 4.90 Å². The van der Waals surface area contributed by atoms with Crippen LogP contribution in [0, 0.1) is 16.6 Å². The molecule has 2 atom stereocenters. The topological polar surface area (TPSA) is 74.7 Å². The van der Waals surface area contributed by atoms with Crippen LogP contribution in [0.25, 0.3) is 0 Å².